The van der Waals surface area contributed by atoms with E-state index in [2.05, 4.69) is 17.2 Å². The lowest BCUT2D eigenvalue weighted by molar-refractivity contribution is -0.132. The van der Waals surface area contributed by atoms with Crippen molar-refractivity contribution < 1.29 is 19.0 Å². The van der Waals surface area contributed by atoms with Gasteiger partial charge in [0.1, 0.15) is 19.3 Å². The Kier molecular flexibility index (Phi) is 9.86. The number of hydrogen-bond donors (Lipinski definition) is 1. The summed E-state index contributed by atoms with van der Waals surface area (Å²) < 4.78 is 16.4. The van der Waals surface area contributed by atoms with Crippen molar-refractivity contribution in [2.45, 2.75) is 25.4 Å². The average Bonchev–Trinajstić information content (AvgIpc) is 2.78. The zero-order valence-electron chi connectivity index (χ0n) is 17.2. The maximum Gasteiger partial charge on any atom is 0.249 e. The van der Waals surface area contributed by atoms with E-state index in [0.29, 0.717) is 30.9 Å². The molecule has 2 aromatic carbocycles. The minimum Gasteiger partial charge on any atom is -0.493 e. The number of methoxy groups -OCH3 is 1. The molecule has 0 aliphatic carbocycles. The number of aryl methyl sites for hydroxylation is 1. The van der Waals surface area contributed by atoms with Gasteiger partial charge in [0.25, 0.3) is 0 Å². The fourth-order valence-electron chi connectivity index (χ4n) is 2.93. The number of terminal acetylenes is 2. The van der Waals surface area contributed by atoms with Gasteiger partial charge in [0.15, 0.2) is 11.5 Å². The molecule has 0 saturated heterocycles. The molecule has 0 unspecified atom stereocenters. The van der Waals surface area contributed by atoms with E-state index in [-0.39, 0.29) is 19.1 Å². The number of amides is 1. The zero-order valence-corrected chi connectivity index (χ0v) is 17.2. The van der Waals surface area contributed by atoms with Crippen LogP contribution in [0.3, 0.4) is 0 Å². The Morgan fingerprint density at radius 1 is 1.00 bits per heavy atom. The molecule has 1 amide bonds. The molecule has 0 radical (unpaired) electrons. The number of benzene rings is 2. The predicted molar refractivity (Wildman–Crippen MR) is 117 cm³/mol. The second-order valence-electron chi connectivity index (χ2n) is 6.55. The van der Waals surface area contributed by atoms with Crippen LogP contribution in [0.2, 0.25) is 0 Å². The van der Waals surface area contributed by atoms with E-state index in [4.69, 9.17) is 27.1 Å². The summed E-state index contributed by atoms with van der Waals surface area (Å²) in [5.74, 6) is 5.88. The highest BCUT2D eigenvalue weighted by molar-refractivity contribution is 5.80. The van der Waals surface area contributed by atoms with Crippen molar-refractivity contribution in [2.75, 3.05) is 26.9 Å². The van der Waals surface area contributed by atoms with Gasteiger partial charge in [0, 0.05) is 6.54 Å². The summed E-state index contributed by atoms with van der Waals surface area (Å²) in [7, 11) is 1.57. The molecule has 2 rings (SSSR count). The van der Waals surface area contributed by atoms with E-state index in [9.17, 15) is 4.79 Å². The van der Waals surface area contributed by atoms with Crippen LogP contribution in [0.15, 0.2) is 48.5 Å². The molecule has 0 aliphatic rings. The summed E-state index contributed by atoms with van der Waals surface area (Å²) in [6, 6.07) is 15.6. The molecule has 5 heteroatoms. The maximum atomic E-state index is 12.6. The van der Waals surface area contributed by atoms with E-state index >= 15 is 0 Å². The molecule has 0 saturated carbocycles. The van der Waals surface area contributed by atoms with Crippen LogP contribution in [-0.4, -0.2) is 38.9 Å². The molecule has 0 aromatic heterocycles. The van der Waals surface area contributed by atoms with Gasteiger partial charge in [-0.3, -0.25) is 4.79 Å². The van der Waals surface area contributed by atoms with Crippen LogP contribution in [0.4, 0.5) is 0 Å². The van der Waals surface area contributed by atoms with Gasteiger partial charge in [0.2, 0.25) is 5.91 Å². The fourth-order valence-corrected chi connectivity index (χ4v) is 2.93. The van der Waals surface area contributed by atoms with Crippen molar-refractivity contribution >= 4 is 5.91 Å². The monoisotopic (exact) mass is 405 g/mol. The van der Waals surface area contributed by atoms with Crippen molar-refractivity contribution in [2.24, 2.45) is 0 Å². The molecule has 156 valence electrons. The lowest BCUT2D eigenvalue weighted by atomic mass is 10.1. The fraction of sp³-hybridized carbons (Fsp3) is 0.320. The smallest absolute Gasteiger partial charge is 0.249 e. The van der Waals surface area contributed by atoms with Crippen LogP contribution >= 0.6 is 0 Å². The van der Waals surface area contributed by atoms with Gasteiger partial charge in [-0.15, -0.1) is 12.8 Å². The van der Waals surface area contributed by atoms with Gasteiger partial charge < -0.3 is 19.5 Å². The minimum atomic E-state index is -0.588. The van der Waals surface area contributed by atoms with Gasteiger partial charge in [-0.05, 0) is 42.5 Å². The highest BCUT2D eigenvalue weighted by Crippen LogP contribution is 2.28. The van der Waals surface area contributed by atoms with Gasteiger partial charge >= 0.3 is 0 Å². The lowest BCUT2D eigenvalue weighted by Crippen LogP contribution is -2.38. The summed E-state index contributed by atoms with van der Waals surface area (Å²) in [5.41, 5.74) is 2.16. The van der Waals surface area contributed by atoms with Crippen molar-refractivity contribution in [1.82, 2.24) is 5.32 Å². The molecule has 0 spiro atoms. The molecule has 0 fully saturated rings. The largest absolute Gasteiger partial charge is 0.493 e. The minimum absolute atomic E-state index is 0.100. The normalized spacial score (nSPS) is 11.0. The second-order valence-corrected chi connectivity index (χ2v) is 6.55. The quantitative estimate of drug-likeness (QED) is 0.552. The molecule has 5 nitrogen and oxygen atoms in total. The number of nitrogens with one attached hydrogen (secondary N) is 1. The Balaban J connectivity index is 1.88. The van der Waals surface area contributed by atoms with Gasteiger partial charge in [-0.25, -0.2) is 0 Å². The number of ether oxygens (including phenoxy) is 3. The van der Waals surface area contributed by atoms with Crippen LogP contribution in [0.5, 0.6) is 11.5 Å². The number of carbonyl (C=O) groups excluding carboxylic acids is 1. The summed E-state index contributed by atoms with van der Waals surface area (Å²) in [6.45, 7) is 0.741. The third kappa shape index (κ3) is 7.54. The van der Waals surface area contributed by atoms with Crippen LogP contribution in [-0.2, 0) is 22.4 Å². The Morgan fingerprint density at radius 2 is 1.77 bits per heavy atom. The average molecular weight is 405 g/mol. The molecule has 0 heterocycles. The van der Waals surface area contributed by atoms with Crippen molar-refractivity contribution in [3.8, 4) is 36.2 Å². The first-order valence-electron chi connectivity index (χ1n) is 9.77. The molecule has 2 aromatic rings. The Morgan fingerprint density at radius 3 is 2.47 bits per heavy atom. The maximum absolute atomic E-state index is 12.6. The number of rotatable bonds is 12. The molecule has 30 heavy (non-hydrogen) atoms. The van der Waals surface area contributed by atoms with Crippen molar-refractivity contribution in [1.29, 1.82) is 0 Å². The SMILES string of the molecule is C#CCOc1ccc(CCNC(=O)[C@H](CCc2ccccc2)OCC#C)cc1OC. The van der Waals surface area contributed by atoms with E-state index in [0.717, 1.165) is 17.5 Å². The highest BCUT2D eigenvalue weighted by Gasteiger charge is 2.18. The molecule has 0 aliphatic heterocycles. The van der Waals surface area contributed by atoms with Gasteiger partial charge in [0.05, 0.1) is 7.11 Å². The van der Waals surface area contributed by atoms with E-state index < -0.39 is 6.10 Å². The molecule has 0 bridgehead atoms. The Bertz CT molecular complexity index is 880. The third-order valence-corrected chi connectivity index (χ3v) is 4.45. The van der Waals surface area contributed by atoms with Crippen molar-refractivity contribution in [3.05, 3.63) is 59.7 Å². The first-order chi connectivity index (χ1) is 14.7. The van der Waals surface area contributed by atoms with Gasteiger partial charge in [-0.1, -0.05) is 48.2 Å². The Hall–Kier alpha value is -3.41. The van der Waals surface area contributed by atoms with Gasteiger partial charge in [-0.2, -0.15) is 0 Å². The first kappa shape index (κ1) is 22.9. The highest BCUT2D eigenvalue weighted by atomic mass is 16.5. The summed E-state index contributed by atoms with van der Waals surface area (Å²) in [5, 5.41) is 2.93. The van der Waals surface area contributed by atoms with E-state index in [1.54, 1.807) is 7.11 Å². The summed E-state index contributed by atoms with van der Waals surface area (Å²) in [6.07, 6.45) is 11.9. The topological polar surface area (TPSA) is 56.8 Å². The standard InChI is InChI=1S/C25H27NO4/c1-4-17-29-22-13-12-21(19-24(22)28-3)15-16-26-25(27)23(30-18-5-2)14-11-20-9-7-6-8-10-20/h1-2,6-10,12-13,19,23H,11,14-18H2,3H3,(H,26,27)/t23-/m0/s1. The molecule has 1 N–H and O–H groups in total. The predicted octanol–water partition coefficient (Wildman–Crippen LogP) is 3.02. The third-order valence-electron chi connectivity index (χ3n) is 4.45. The lowest BCUT2D eigenvalue weighted by Gasteiger charge is -2.17. The van der Waals surface area contributed by atoms with E-state index in [1.807, 2.05) is 48.5 Å². The first-order valence-corrected chi connectivity index (χ1v) is 9.77. The second kappa shape index (κ2) is 12.9. The molecular formula is C25H27NO4. The zero-order chi connectivity index (χ0) is 21.6. The Labute approximate surface area is 178 Å². The van der Waals surface area contributed by atoms with Crippen LogP contribution in [0.1, 0.15) is 17.5 Å². The van der Waals surface area contributed by atoms with Crippen LogP contribution in [0, 0.1) is 24.7 Å². The van der Waals surface area contributed by atoms with Crippen LogP contribution < -0.4 is 14.8 Å². The summed E-state index contributed by atoms with van der Waals surface area (Å²) >= 11 is 0. The van der Waals surface area contributed by atoms with Crippen molar-refractivity contribution in [3.63, 3.8) is 0 Å². The number of carbonyl (C=O) groups is 1. The van der Waals surface area contributed by atoms with Crippen LogP contribution in [0.25, 0.3) is 0 Å². The molecule has 1 atom stereocenters. The molecular weight excluding hydrogens is 378 g/mol. The summed E-state index contributed by atoms with van der Waals surface area (Å²) in [4.78, 5) is 12.6. The van der Waals surface area contributed by atoms with E-state index in [1.165, 1.54) is 0 Å². The number of hydrogen-bond acceptors (Lipinski definition) is 4.